The minimum Gasteiger partial charge on any atom is -0.364 e. The summed E-state index contributed by atoms with van der Waals surface area (Å²) in [7, 11) is 3.94. The minimum absolute atomic E-state index is 0.0246. The Balaban J connectivity index is 1.70. The molecule has 9 heteroatoms. The van der Waals surface area contributed by atoms with Gasteiger partial charge in [-0.1, -0.05) is 36.4 Å². The van der Waals surface area contributed by atoms with E-state index in [4.69, 9.17) is 5.73 Å². The topological polar surface area (TPSA) is 106 Å². The number of carbonyl (C=O) groups is 2. The van der Waals surface area contributed by atoms with Gasteiger partial charge in [0.2, 0.25) is 0 Å². The number of fused-ring (bicyclic) bond motifs is 1. The number of thiophene rings is 1. The average Bonchev–Trinajstić information content (AvgIpc) is 3.43. The molecule has 0 radical (unpaired) electrons. The number of nitrogens with two attached hydrogens (primary N) is 1. The normalized spacial score (nSPS) is 12.2. The number of amides is 2. The van der Waals surface area contributed by atoms with Gasteiger partial charge >= 0.3 is 0 Å². The van der Waals surface area contributed by atoms with Crippen LogP contribution < -0.4 is 11.1 Å². The summed E-state index contributed by atoms with van der Waals surface area (Å²) in [6.07, 6.45) is 1.49. The lowest BCUT2D eigenvalue weighted by Crippen LogP contribution is -2.34. The van der Waals surface area contributed by atoms with Gasteiger partial charge in [0.1, 0.15) is 12.0 Å². The number of aromatic nitrogens is 3. The summed E-state index contributed by atoms with van der Waals surface area (Å²) in [4.78, 5) is 36.6. The number of carbonyl (C=O) groups excluding carboxylic acids is 2. The third-order valence-corrected chi connectivity index (χ3v) is 5.96. The zero-order valence-corrected chi connectivity index (χ0v) is 18.0. The molecule has 0 aliphatic heterocycles. The van der Waals surface area contributed by atoms with Crippen molar-refractivity contribution in [3.05, 3.63) is 76.5 Å². The van der Waals surface area contributed by atoms with Crippen LogP contribution in [0.25, 0.3) is 16.9 Å². The fraction of sp³-hybridized carbons (Fsp3) is 0.182. The highest BCUT2D eigenvalue weighted by atomic mass is 32.1. The Kier molecular flexibility index (Phi) is 5.79. The molecule has 1 atom stereocenters. The first-order chi connectivity index (χ1) is 15.0. The molecule has 0 saturated carbocycles. The van der Waals surface area contributed by atoms with Crippen molar-refractivity contribution in [2.75, 3.05) is 20.6 Å². The van der Waals surface area contributed by atoms with Crippen LogP contribution in [-0.4, -0.2) is 51.7 Å². The molecule has 0 bridgehead atoms. The molecule has 4 rings (SSSR count). The van der Waals surface area contributed by atoms with Gasteiger partial charge in [0.05, 0.1) is 11.7 Å². The van der Waals surface area contributed by atoms with Crippen molar-refractivity contribution in [2.24, 2.45) is 5.73 Å². The number of hydrogen-bond donors (Lipinski definition) is 2. The molecule has 8 nitrogen and oxygen atoms in total. The van der Waals surface area contributed by atoms with Gasteiger partial charge in [-0.05, 0) is 37.2 Å². The maximum Gasteiger partial charge on any atom is 0.271 e. The number of primary amides is 1. The molecule has 0 aliphatic rings. The second kappa shape index (κ2) is 8.66. The van der Waals surface area contributed by atoms with Crippen molar-refractivity contribution < 1.29 is 9.59 Å². The van der Waals surface area contributed by atoms with Gasteiger partial charge in [-0.3, -0.25) is 14.0 Å². The minimum atomic E-state index is -0.697. The van der Waals surface area contributed by atoms with E-state index in [1.165, 1.54) is 6.33 Å². The summed E-state index contributed by atoms with van der Waals surface area (Å²) in [5, 5.41) is 4.98. The van der Waals surface area contributed by atoms with Gasteiger partial charge in [0.15, 0.2) is 11.3 Å². The molecular weight excluding hydrogens is 412 g/mol. The van der Waals surface area contributed by atoms with Crippen molar-refractivity contribution in [2.45, 2.75) is 6.04 Å². The lowest BCUT2D eigenvalue weighted by atomic mass is 10.1. The molecule has 3 heterocycles. The summed E-state index contributed by atoms with van der Waals surface area (Å²) in [5.41, 5.74) is 7.49. The summed E-state index contributed by atoms with van der Waals surface area (Å²) < 4.78 is 1.67. The van der Waals surface area contributed by atoms with Gasteiger partial charge in [-0.25, -0.2) is 9.97 Å². The fourth-order valence-corrected chi connectivity index (χ4v) is 4.31. The molecule has 0 fully saturated rings. The lowest BCUT2D eigenvalue weighted by Gasteiger charge is -2.23. The summed E-state index contributed by atoms with van der Waals surface area (Å²) >= 11 is 1.64. The van der Waals surface area contributed by atoms with Crippen LogP contribution in [0.4, 0.5) is 0 Å². The standard InChI is InChI=1S/C22H22N6O2S/c1-27(2)17(18-9-6-10-31-18)12-24-22(30)15-11-16(14-7-4-3-5-8-14)28-13-25-19(20(23)29)21(28)26-15/h3-11,13,17H,12H2,1-2H3,(H2,23,29)(H,24,30). The Morgan fingerprint density at radius 1 is 1.19 bits per heavy atom. The van der Waals surface area contributed by atoms with Gasteiger partial charge < -0.3 is 16.0 Å². The van der Waals surface area contributed by atoms with Gasteiger partial charge in [0, 0.05) is 11.4 Å². The predicted molar refractivity (Wildman–Crippen MR) is 120 cm³/mol. The van der Waals surface area contributed by atoms with E-state index < -0.39 is 5.91 Å². The number of hydrogen-bond acceptors (Lipinski definition) is 6. The molecule has 0 saturated heterocycles. The Morgan fingerprint density at radius 3 is 2.61 bits per heavy atom. The summed E-state index contributed by atoms with van der Waals surface area (Å²) in [5.74, 6) is -1.03. The van der Waals surface area contributed by atoms with E-state index >= 15 is 0 Å². The third kappa shape index (κ3) is 4.18. The van der Waals surface area contributed by atoms with E-state index in [0.29, 0.717) is 12.2 Å². The van der Waals surface area contributed by atoms with Crippen LogP contribution in [0.2, 0.25) is 0 Å². The van der Waals surface area contributed by atoms with E-state index in [0.717, 1.165) is 10.4 Å². The van der Waals surface area contributed by atoms with E-state index in [1.807, 2.05) is 61.9 Å². The highest BCUT2D eigenvalue weighted by Gasteiger charge is 2.21. The zero-order valence-electron chi connectivity index (χ0n) is 17.1. The molecule has 2 amide bonds. The van der Waals surface area contributed by atoms with Gasteiger partial charge in [0.25, 0.3) is 11.8 Å². The average molecular weight is 435 g/mol. The quantitative estimate of drug-likeness (QED) is 0.465. The van der Waals surface area contributed by atoms with Crippen LogP contribution in [0.5, 0.6) is 0 Å². The Hall–Kier alpha value is -3.56. The van der Waals surface area contributed by atoms with E-state index in [1.54, 1.807) is 21.8 Å². The third-order valence-electron chi connectivity index (χ3n) is 4.99. The number of rotatable bonds is 7. The van der Waals surface area contributed by atoms with Crippen molar-refractivity contribution in [3.8, 4) is 11.3 Å². The molecule has 1 unspecified atom stereocenters. The second-order valence-electron chi connectivity index (χ2n) is 7.25. The van der Waals surface area contributed by atoms with Crippen LogP contribution in [0, 0.1) is 0 Å². The monoisotopic (exact) mass is 434 g/mol. The van der Waals surface area contributed by atoms with Crippen LogP contribution >= 0.6 is 11.3 Å². The number of nitrogens with one attached hydrogen (secondary N) is 1. The van der Waals surface area contributed by atoms with Gasteiger partial charge in [-0.15, -0.1) is 11.3 Å². The Morgan fingerprint density at radius 2 is 1.97 bits per heavy atom. The molecular formula is C22H22N6O2S. The molecule has 0 spiro atoms. The van der Waals surface area contributed by atoms with Crippen LogP contribution in [0.1, 0.15) is 31.9 Å². The number of benzene rings is 1. The smallest absolute Gasteiger partial charge is 0.271 e. The van der Waals surface area contributed by atoms with Crippen LogP contribution in [0.3, 0.4) is 0 Å². The predicted octanol–water partition coefficient (Wildman–Crippen LogP) is 2.59. The lowest BCUT2D eigenvalue weighted by molar-refractivity contribution is 0.0935. The first-order valence-electron chi connectivity index (χ1n) is 9.67. The fourth-order valence-electron chi connectivity index (χ4n) is 3.39. The zero-order chi connectivity index (χ0) is 22.0. The van der Waals surface area contributed by atoms with Gasteiger partial charge in [-0.2, -0.15) is 0 Å². The van der Waals surface area contributed by atoms with Crippen LogP contribution in [-0.2, 0) is 0 Å². The molecule has 158 valence electrons. The van der Waals surface area contributed by atoms with E-state index in [2.05, 4.69) is 20.2 Å². The number of imidazole rings is 1. The molecule has 3 N–H and O–H groups in total. The molecule has 3 aromatic heterocycles. The molecule has 0 aliphatic carbocycles. The Labute approximate surface area is 183 Å². The summed E-state index contributed by atoms with van der Waals surface area (Å²) in [6.45, 7) is 0.418. The molecule has 1 aromatic carbocycles. The Bertz CT molecular complexity index is 1220. The first kappa shape index (κ1) is 20.7. The summed E-state index contributed by atoms with van der Waals surface area (Å²) in [6, 6.07) is 15.3. The SMILES string of the molecule is CN(C)C(CNC(=O)c1cc(-c2ccccc2)n2cnc(C(N)=O)c2n1)c1cccs1. The number of likely N-dealkylation sites (N-methyl/N-ethyl adjacent to an activating group) is 1. The molecule has 31 heavy (non-hydrogen) atoms. The number of nitrogens with zero attached hydrogens (tertiary/aromatic N) is 4. The highest BCUT2D eigenvalue weighted by molar-refractivity contribution is 7.10. The van der Waals surface area contributed by atoms with Crippen molar-refractivity contribution in [3.63, 3.8) is 0 Å². The largest absolute Gasteiger partial charge is 0.364 e. The van der Waals surface area contributed by atoms with Crippen molar-refractivity contribution >= 4 is 28.8 Å². The van der Waals surface area contributed by atoms with Crippen LogP contribution in [0.15, 0.2) is 60.2 Å². The first-order valence-corrected chi connectivity index (χ1v) is 10.5. The maximum absolute atomic E-state index is 13.0. The van der Waals surface area contributed by atoms with Crippen molar-refractivity contribution in [1.29, 1.82) is 0 Å². The van der Waals surface area contributed by atoms with E-state index in [-0.39, 0.29) is 29.0 Å². The second-order valence-corrected chi connectivity index (χ2v) is 8.23. The molecule has 4 aromatic rings. The highest BCUT2D eigenvalue weighted by Crippen LogP contribution is 2.24. The van der Waals surface area contributed by atoms with Crippen molar-refractivity contribution in [1.82, 2.24) is 24.6 Å². The van der Waals surface area contributed by atoms with E-state index in [9.17, 15) is 9.59 Å². The maximum atomic E-state index is 13.0.